The van der Waals surface area contributed by atoms with E-state index in [-0.39, 0.29) is 18.2 Å². The fourth-order valence-electron chi connectivity index (χ4n) is 3.57. The first-order valence-electron chi connectivity index (χ1n) is 9.23. The maximum atomic E-state index is 12.8. The highest BCUT2D eigenvalue weighted by Crippen LogP contribution is 2.30. The molecule has 3 N–H and O–H groups in total. The van der Waals surface area contributed by atoms with Gasteiger partial charge < -0.3 is 20.1 Å². The van der Waals surface area contributed by atoms with E-state index in [4.69, 9.17) is 10.5 Å². The summed E-state index contributed by atoms with van der Waals surface area (Å²) in [5.41, 5.74) is 8.15. The second-order valence-electron chi connectivity index (χ2n) is 7.52. The number of pyridine rings is 2. The minimum absolute atomic E-state index is 0.0820. The van der Waals surface area contributed by atoms with Gasteiger partial charge in [0.25, 0.3) is 5.56 Å². The van der Waals surface area contributed by atoms with Crippen molar-refractivity contribution in [3.05, 3.63) is 46.0 Å². The van der Waals surface area contributed by atoms with Crippen molar-refractivity contribution in [2.75, 3.05) is 6.61 Å². The Balaban J connectivity index is 2.14. The molecule has 1 atom stereocenters. The van der Waals surface area contributed by atoms with Gasteiger partial charge in [-0.3, -0.25) is 9.78 Å². The van der Waals surface area contributed by atoms with Gasteiger partial charge in [-0.15, -0.1) is 0 Å². The van der Waals surface area contributed by atoms with Crippen LogP contribution in [-0.4, -0.2) is 27.3 Å². The van der Waals surface area contributed by atoms with Crippen molar-refractivity contribution in [2.24, 2.45) is 18.7 Å². The van der Waals surface area contributed by atoms with Gasteiger partial charge in [0.15, 0.2) is 0 Å². The number of hydrogen-bond acceptors (Lipinski definition) is 5. The second-order valence-corrected chi connectivity index (χ2v) is 7.52. The molecule has 1 aromatic carbocycles. The zero-order valence-corrected chi connectivity index (χ0v) is 16.3. The minimum Gasteiger partial charge on any atom is -0.492 e. The Morgan fingerprint density at radius 1 is 1.30 bits per heavy atom. The summed E-state index contributed by atoms with van der Waals surface area (Å²) < 4.78 is 7.52. The first kappa shape index (κ1) is 19.3. The Kier molecular flexibility index (Phi) is 5.48. The van der Waals surface area contributed by atoms with Crippen LogP contribution in [0.15, 0.2) is 29.2 Å². The summed E-state index contributed by atoms with van der Waals surface area (Å²) in [5.74, 6) is 1.05. The third kappa shape index (κ3) is 3.68. The molecule has 0 saturated carbocycles. The van der Waals surface area contributed by atoms with E-state index in [9.17, 15) is 9.90 Å². The summed E-state index contributed by atoms with van der Waals surface area (Å²) in [5, 5.41) is 12.2. The van der Waals surface area contributed by atoms with E-state index in [1.165, 1.54) is 0 Å². The third-order valence-corrected chi connectivity index (χ3v) is 4.89. The van der Waals surface area contributed by atoms with Gasteiger partial charge in [-0.05, 0) is 36.8 Å². The van der Waals surface area contributed by atoms with E-state index in [0.29, 0.717) is 34.9 Å². The lowest BCUT2D eigenvalue weighted by atomic mass is 10.0. The number of aliphatic hydroxyl groups is 1. The van der Waals surface area contributed by atoms with Crippen LogP contribution in [0.1, 0.15) is 31.5 Å². The van der Waals surface area contributed by atoms with Crippen LogP contribution in [0.5, 0.6) is 5.75 Å². The van der Waals surface area contributed by atoms with Gasteiger partial charge in [-0.1, -0.05) is 13.8 Å². The highest BCUT2D eigenvalue weighted by atomic mass is 16.5. The average Bonchev–Trinajstić information content (AvgIpc) is 2.63. The zero-order valence-electron chi connectivity index (χ0n) is 16.3. The summed E-state index contributed by atoms with van der Waals surface area (Å²) in [7, 11) is 1.74. The summed E-state index contributed by atoms with van der Waals surface area (Å²) in [4.78, 5) is 17.1. The fourth-order valence-corrected chi connectivity index (χ4v) is 3.57. The standard InChI is InChI=1S/C21H27N3O3/c1-12(2)7-15(22)11-27-19-9-18-17(8-14(19)10-25)16-5-6-23-13(3)20(16)21(26)24(18)4/h5-6,8-9,12,15,25H,7,10-11,22H2,1-4H3. The molecule has 0 aliphatic carbocycles. The lowest BCUT2D eigenvalue weighted by molar-refractivity contribution is 0.247. The molecule has 0 fully saturated rings. The van der Waals surface area contributed by atoms with Crippen molar-refractivity contribution in [1.29, 1.82) is 0 Å². The molecule has 6 heteroatoms. The number of hydrogen-bond donors (Lipinski definition) is 2. The first-order valence-corrected chi connectivity index (χ1v) is 9.23. The molecule has 3 rings (SSSR count). The topological polar surface area (TPSA) is 90.4 Å². The van der Waals surface area contributed by atoms with Crippen LogP contribution in [0.3, 0.4) is 0 Å². The number of aromatic nitrogens is 2. The molecule has 0 radical (unpaired) electrons. The lowest BCUT2D eigenvalue weighted by Gasteiger charge is -2.18. The Labute approximate surface area is 158 Å². The molecule has 0 amide bonds. The van der Waals surface area contributed by atoms with Crippen molar-refractivity contribution in [2.45, 2.75) is 39.8 Å². The summed E-state index contributed by atoms with van der Waals surface area (Å²) >= 11 is 0. The van der Waals surface area contributed by atoms with Crippen molar-refractivity contribution in [3.8, 4) is 5.75 Å². The number of aliphatic hydroxyl groups excluding tert-OH is 1. The number of ether oxygens (including phenoxy) is 1. The monoisotopic (exact) mass is 369 g/mol. The third-order valence-electron chi connectivity index (χ3n) is 4.89. The molecule has 0 aliphatic rings. The van der Waals surface area contributed by atoms with E-state index in [0.717, 1.165) is 22.7 Å². The van der Waals surface area contributed by atoms with E-state index < -0.39 is 0 Å². The Hall–Kier alpha value is -2.44. The highest BCUT2D eigenvalue weighted by Gasteiger charge is 2.15. The molecule has 1 unspecified atom stereocenters. The maximum absolute atomic E-state index is 12.8. The normalized spacial score (nSPS) is 12.9. The van der Waals surface area contributed by atoms with Gasteiger partial charge in [0.05, 0.1) is 23.2 Å². The number of rotatable bonds is 6. The van der Waals surface area contributed by atoms with E-state index in [1.54, 1.807) is 17.8 Å². The van der Waals surface area contributed by atoms with Crippen LogP contribution in [0, 0.1) is 12.8 Å². The Morgan fingerprint density at radius 2 is 2.04 bits per heavy atom. The van der Waals surface area contributed by atoms with E-state index in [1.807, 2.05) is 25.1 Å². The van der Waals surface area contributed by atoms with Crippen LogP contribution in [0.2, 0.25) is 0 Å². The SMILES string of the molecule is Cc1nccc2c1c(=O)n(C)c1cc(OCC(N)CC(C)C)c(CO)cc21. The van der Waals surface area contributed by atoms with Gasteiger partial charge in [0.1, 0.15) is 12.4 Å². The number of nitrogens with two attached hydrogens (primary N) is 1. The predicted molar refractivity (Wildman–Crippen MR) is 108 cm³/mol. The van der Waals surface area contributed by atoms with Crippen molar-refractivity contribution in [3.63, 3.8) is 0 Å². The van der Waals surface area contributed by atoms with E-state index in [2.05, 4.69) is 18.8 Å². The van der Waals surface area contributed by atoms with Crippen LogP contribution < -0.4 is 16.0 Å². The molecule has 0 aliphatic heterocycles. The quantitative estimate of drug-likeness (QED) is 0.652. The molecular formula is C21H27N3O3. The number of benzene rings is 1. The summed E-state index contributed by atoms with van der Waals surface area (Å²) in [6, 6.07) is 5.47. The largest absolute Gasteiger partial charge is 0.492 e. The van der Waals surface area contributed by atoms with Crippen molar-refractivity contribution < 1.29 is 9.84 Å². The summed E-state index contributed by atoms with van der Waals surface area (Å²) in [6.07, 6.45) is 2.56. The van der Waals surface area contributed by atoms with Crippen LogP contribution >= 0.6 is 0 Å². The Bertz CT molecular complexity index is 1040. The maximum Gasteiger partial charge on any atom is 0.260 e. The molecule has 0 saturated heterocycles. The summed E-state index contributed by atoms with van der Waals surface area (Å²) in [6.45, 7) is 6.27. The average molecular weight is 369 g/mol. The molecule has 0 spiro atoms. The molecule has 144 valence electrons. The number of aryl methyl sites for hydroxylation is 2. The smallest absolute Gasteiger partial charge is 0.260 e. The molecule has 6 nitrogen and oxygen atoms in total. The minimum atomic E-state index is -0.154. The van der Waals surface area contributed by atoms with Gasteiger partial charge in [0.2, 0.25) is 0 Å². The lowest BCUT2D eigenvalue weighted by Crippen LogP contribution is -2.29. The molecule has 0 bridgehead atoms. The molecule has 2 heterocycles. The van der Waals surface area contributed by atoms with Gasteiger partial charge in [0, 0.05) is 36.3 Å². The number of fused-ring (bicyclic) bond motifs is 3. The van der Waals surface area contributed by atoms with E-state index >= 15 is 0 Å². The van der Waals surface area contributed by atoms with Gasteiger partial charge >= 0.3 is 0 Å². The molecular weight excluding hydrogens is 342 g/mol. The van der Waals surface area contributed by atoms with Crippen LogP contribution in [0.4, 0.5) is 0 Å². The molecule has 3 aromatic rings. The van der Waals surface area contributed by atoms with Crippen LogP contribution in [-0.2, 0) is 13.7 Å². The zero-order chi connectivity index (χ0) is 19.7. The predicted octanol–water partition coefficient (Wildman–Crippen LogP) is 2.64. The highest BCUT2D eigenvalue weighted by molar-refractivity contribution is 6.06. The van der Waals surface area contributed by atoms with Crippen LogP contribution in [0.25, 0.3) is 21.7 Å². The first-order chi connectivity index (χ1) is 12.8. The second kappa shape index (κ2) is 7.66. The molecule has 27 heavy (non-hydrogen) atoms. The van der Waals surface area contributed by atoms with Gasteiger partial charge in [-0.25, -0.2) is 0 Å². The molecule has 2 aromatic heterocycles. The number of nitrogens with zero attached hydrogens (tertiary/aromatic N) is 2. The van der Waals surface area contributed by atoms with Crippen molar-refractivity contribution in [1.82, 2.24) is 9.55 Å². The van der Waals surface area contributed by atoms with Crippen molar-refractivity contribution >= 4 is 21.7 Å². The fraction of sp³-hybridized carbons (Fsp3) is 0.429. The van der Waals surface area contributed by atoms with Gasteiger partial charge in [-0.2, -0.15) is 0 Å². The Morgan fingerprint density at radius 3 is 2.70 bits per heavy atom.